The van der Waals surface area contributed by atoms with Gasteiger partial charge in [0.05, 0.1) is 11.1 Å². The summed E-state index contributed by atoms with van der Waals surface area (Å²) < 4.78 is 0. The summed E-state index contributed by atoms with van der Waals surface area (Å²) in [5, 5.41) is 2.48. The van der Waals surface area contributed by atoms with Crippen molar-refractivity contribution in [2.75, 3.05) is 4.90 Å². The molecule has 0 radical (unpaired) electrons. The number of hydrogen-bond donors (Lipinski definition) is 0. The van der Waals surface area contributed by atoms with Crippen LogP contribution in [0.3, 0.4) is 0 Å². The number of hydrogen-bond acceptors (Lipinski definition) is 1. The van der Waals surface area contributed by atoms with E-state index in [9.17, 15) is 0 Å². The molecule has 282 valence electrons. The van der Waals surface area contributed by atoms with Crippen molar-refractivity contribution in [2.24, 2.45) is 0 Å². The van der Waals surface area contributed by atoms with E-state index in [1.807, 2.05) is 0 Å². The molecule has 11 rings (SSSR count). The van der Waals surface area contributed by atoms with Gasteiger partial charge in [0.25, 0.3) is 0 Å². The van der Waals surface area contributed by atoms with E-state index >= 15 is 0 Å². The van der Waals surface area contributed by atoms with Crippen LogP contribution in [0.1, 0.15) is 22.3 Å². The summed E-state index contributed by atoms with van der Waals surface area (Å²) in [6.45, 7) is 0. The molecule has 0 amide bonds. The van der Waals surface area contributed by atoms with Crippen molar-refractivity contribution in [3.8, 4) is 44.5 Å². The molecule has 1 aliphatic carbocycles. The second kappa shape index (κ2) is 14.9. The highest BCUT2D eigenvalue weighted by Gasteiger charge is 2.47. The van der Waals surface area contributed by atoms with Crippen LogP contribution >= 0.6 is 0 Å². The zero-order valence-corrected chi connectivity index (χ0v) is 33.1. The molecule has 10 aromatic carbocycles. The molecule has 0 fully saturated rings. The van der Waals surface area contributed by atoms with Crippen LogP contribution in [-0.4, -0.2) is 0 Å². The molecule has 1 aliphatic rings. The van der Waals surface area contributed by atoms with Crippen molar-refractivity contribution < 1.29 is 0 Å². The van der Waals surface area contributed by atoms with E-state index in [1.165, 1.54) is 77.5 Å². The second-order valence-corrected chi connectivity index (χ2v) is 15.6. The fourth-order valence-electron chi connectivity index (χ4n) is 9.68. The summed E-state index contributed by atoms with van der Waals surface area (Å²) >= 11 is 0. The number of rotatable bonds is 8. The van der Waals surface area contributed by atoms with Gasteiger partial charge < -0.3 is 4.90 Å². The van der Waals surface area contributed by atoms with Gasteiger partial charge in [-0.05, 0) is 108 Å². The Bertz CT molecular complexity index is 3090. The molecule has 0 aromatic heterocycles. The second-order valence-electron chi connectivity index (χ2n) is 15.6. The first-order valence-electron chi connectivity index (χ1n) is 20.8. The highest BCUT2D eigenvalue weighted by Crippen LogP contribution is 2.59. The van der Waals surface area contributed by atoms with Crippen LogP contribution < -0.4 is 4.90 Å². The standard InChI is InChI=1S/C59H41N/c1-4-19-43(20-5-1)52-28-12-13-29-53(52)44-36-38-50(39-37-44)60(51-27-16-22-46(41-51)47-35-34-42-18-10-11-21-45(42)40-47)57-33-17-32-56-58(57)54-30-14-15-31-55(54)59(56,48-23-6-2-7-24-48)49-25-8-3-9-26-49/h1-41H. The zero-order chi connectivity index (χ0) is 39.9. The first kappa shape index (κ1) is 35.4. The molecule has 0 atom stereocenters. The highest BCUT2D eigenvalue weighted by molar-refractivity contribution is 5.98. The summed E-state index contributed by atoms with van der Waals surface area (Å²) in [6, 6.07) is 91.0. The van der Waals surface area contributed by atoms with E-state index in [2.05, 4.69) is 254 Å². The van der Waals surface area contributed by atoms with Crippen LogP contribution in [0.15, 0.2) is 249 Å². The topological polar surface area (TPSA) is 3.24 Å². The quantitative estimate of drug-likeness (QED) is 0.149. The normalized spacial score (nSPS) is 12.5. The lowest BCUT2D eigenvalue weighted by Gasteiger charge is -2.34. The summed E-state index contributed by atoms with van der Waals surface area (Å²) in [5.41, 5.74) is 17.6. The van der Waals surface area contributed by atoms with Gasteiger partial charge >= 0.3 is 0 Å². The Hall–Kier alpha value is -7.74. The van der Waals surface area contributed by atoms with Crippen molar-refractivity contribution >= 4 is 27.8 Å². The van der Waals surface area contributed by atoms with Gasteiger partial charge in [0, 0.05) is 16.9 Å². The maximum atomic E-state index is 2.47. The van der Waals surface area contributed by atoms with E-state index in [4.69, 9.17) is 0 Å². The highest BCUT2D eigenvalue weighted by atomic mass is 15.1. The molecule has 0 N–H and O–H groups in total. The van der Waals surface area contributed by atoms with Gasteiger partial charge in [0.15, 0.2) is 0 Å². The molecule has 0 saturated carbocycles. The lowest BCUT2D eigenvalue weighted by Crippen LogP contribution is -2.28. The predicted molar refractivity (Wildman–Crippen MR) is 252 cm³/mol. The van der Waals surface area contributed by atoms with E-state index in [0.29, 0.717) is 0 Å². The average molecular weight is 764 g/mol. The minimum Gasteiger partial charge on any atom is -0.310 e. The molecule has 1 nitrogen and oxygen atoms in total. The summed E-state index contributed by atoms with van der Waals surface area (Å²) in [4.78, 5) is 2.47. The Morgan fingerprint density at radius 2 is 0.783 bits per heavy atom. The van der Waals surface area contributed by atoms with Gasteiger partial charge in [-0.1, -0.05) is 212 Å². The molecular weight excluding hydrogens is 723 g/mol. The first-order chi connectivity index (χ1) is 29.8. The number of nitrogens with zero attached hydrogens (tertiary/aromatic N) is 1. The Labute approximate surface area is 352 Å². The first-order valence-corrected chi connectivity index (χ1v) is 20.8. The van der Waals surface area contributed by atoms with E-state index in [1.54, 1.807) is 0 Å². The van der Waals surface area contributed by atoms with Gasteiger partial charge in [-0.15, -0.1) is 0 Å². The van der Waals surface area contributed by atoms with Crippen LogP contribution in [0, 0.1) is 0 Å². The molecule has 60 heavy (non-hydrogen) atoms. The number of benzene rings is 10. The Morgan fingerprint density at radius 1 is 0.283 bits per heavy atom. The number of anilines is 3. The van der Waals surface area contributed by atoms with E-state index in [-0.39, 0.29) is 0 Å². The zero-order valence-electron chi connectivity index (χ0n) is 33.1. The Kier molecular flexibility index (Phi) is 8.79. The lowest BCUT2D eigenvalue weighted by molar-refractivity contribution is 0.768. The van der Waals surface area contributed by atoms with Crippen molar-refractivity contribution in [1.29, 1.82) is 0 Å². The molecule has 0 aliphatic heterocycles. The molecule has 0 heterocycles. The maximum absolute atomic E-state index is 2.47. The molecule has 10 aromatic rings. The third-order valence-corrected chi connectivity index (χ3v) is 12.3. The van der Waals surface area contributed by atoms with Crippen molar-refractivity contribution in [2.45, 2.75) is 5.41 Å². The van der Waals surface area contributed by atoms with Crippen molar-refractivity contribution in [3.63, 3.8) is 0 Å². The molecule has 0 spiro atoms. The molecule has 0 bridgehead atoms. The number of fused-ring (bicyclic) bond motifs is 4. The fourth-order valence-corrected chi connectivity index (χ4v) is 9.68. The minimum absolute atomic E-state index is 0.506. The van der Waals surface area contributed by atoms with Crippen LogP contribution in [0.5, 0.6) is 0 Å². The largest absolute Gasteiger partial charge is 0.310 e. The van der Waals surface area contributed by atoms with Gasteiger partial charge in [0.2, 0.25) is 0 Å². The van der Waals surface area contributed by atoms with Crippen LogP contribution in [0.25, 0.3) is 55.3 Å². The predicted octanol–water partition coefficient (Wildman–Crippen LogP) is 15.7. The molecule has 1 heteroatoms. The van der Waals surface area contributed by atoms with Crippen molar-refractivity contribution in [3.05, 3.63) is 271 Å². The summed E-state index contributed by atoms with van der Waals surface area (Å²) in [7, 11) is 0. The molecule has 0 saturated heterocycles. The summed E-state index contributed by atoms with van der Waals surface area (Å²) in [6.07, 6.45) is 0. The lowest BCUT2D eigenvalue weighted by atomic mass is 9.68. The van der Waals surface area contributed by atoms with Gasteiger partial charge in [0.1, 0.15) is 0 Å². The SMILES string of the molecule is c1ccc(-c2ccccc2-c2ccc(N(c3cccc(-c4ccc5ccccc5c4)c3)c3cccc4c3-c3ccccc3C4(c3ccccc3)c3ccccc3)cc2)cc1. The Morgan fingerprint density at radius 3 is 1.48 bits per heavy atom. The van der Waals surface area contributed by atoms with Crippen LogP contribution in [0.2, 0.25) is 0 Å². The van der Waals surface area contributed by atoms with Gasteiger partial charge in [-0.3, -0.25) is 0 Å². The van der Waals surface area contributed by atoms with Crippen LogP contribution in [0.4, 0.5) is 17.1 Å². The van der Waals surface area contributed by atoms with E-state index in [0.717, 1.165) is 17.1 Å². The van der Waals surface area contributed by atoms with Gasteiger partial charge in [-0.25, -0.2) is 0 Å². The smallest absolute Gasteiger partial charge is 0.0714 e. The van der Waals surface area contributed by atoms with Gasteiger partial charge in [-0.2, -0.15) is 0 Å². The van der Waals surface area contributed by atoms with Crippen LogP contribution in [-0.2, 0) is 5.41 Å². The van der Waals surface area contributed by atoms with E-state index < -0.39 is 5.41 Å². The Balaban J connectivity index is 1.14. The average Bonchev–Trinajstić information content (AvgIpc) is 3.64. The fraction of sp³-hybridized carbons (Fsp3) is 0.0169. The monoisotopic (exact) mass is 763 g/mol. The maximum Gasteiger partial charge on any atom is 0.0714 e. The third-order valence-electron chi connectivity index (χ3n) is 12.3. The molecular formula is C59H41N. The molecule has 0 unspecified atom stereocenters. The summed E-state index contributed by atoms with van der Waals surface area (Å²) in [5.74, 6) is 0. The minimum atomic E-state index is -0.506. The van der Waals surface area contributed by atoms with Crippen molar-refractivity contribution in [1.82, 2.24) is 0 Å². The third kappa shape index (κ3) is 5.86.